The Morgan fingerprint density at radius 2 is 2.00 bits per heavy atom. The lowest BCUT2D eigenvalue weighted by atomic mass is 10.2. The van der Waals surface area contributed by atoms with Crippen LogP contribution >= 0.6 is 22.9 Å². The first kappa shape index (κ1) is 22.0. The molecule has 32 heavy (non-hydrogen) atoms. The SMILES string of the molecule is NC(=O)c1sccc1Nc1nc(Nc2ccc(N3CCCC3)cc2OC(F)F)ncc1Cl. The molecule has 1 aliphatic heterocycles. The van der Waals surface area contributed by atoms with Crippen LogP contribution in [0.4, 0.5) is 37.6 Å². The summed E-state index contributed by atoms with van der Waals surface area (Å²) in [4.78, 5) is 22.4. The van der Waals surface area contributed by atoms with Gasteiger partial charge in [0.2, 0.25) is 5.95 Å². The van der Waals surface area contributed by atoms with Gasteiger partial charge in [-0.3, -0.25) is 4.79 Å². The first-order valence-electron chi connectivity index (χ1n) is 9.68. The lowest BCUT2D eigenvalue weighted by molar-refractivity contribution is -0.0493. The van der Waals surface area contributed by atoms with Gasteiger partial charge in [-0.1, -0.05) is 11.6 Å². The molecule has 0 bridgehead atoms. The van der Waals surface area contributed by atoms with E-state index in [4.69, 9.17) is 22.1 Å². The quantitative estimate of drug-likeness (QED) is 0.417. The van der Waals surface area contributed by atoms with E-state index < -0.39 is 12.5 Å². The number of carbonyl (C=O) groups is 1. The van der Waals surface area contributed by atoms with Gasteiger partial charge in [-0.15, -0.1) is 11.3 Å². The predicted molar refractivity (Wildman–Crippen MR) is 121 cm³/mol. The second kappa shape index (κ2) is 9.53. The van der Waals surface area contributed by atoms with Gasteiger partial charge >= 0.3 is 6.61 Å². The van der Waals surface area contributed by atoms with Crippen LogP contribution in [0.2, 0.25) is 5.02 Å². The molecule has 4 N–H and O–H groups in total. The van der Waals surface area contributed by atoms with Crippen LogP contribution in [0.1, 0.15) is 22.5 Å². The number of benzene rings is 1. The summed E-state index contributed by atoms with van der Waals surface area (Å²) in [5.41, 5.74) is 6.90. The number of hydrogen-bond donors (Lipinski definition) is 3. The number of nitrogens with one attached hydrogen (secondary N) is 2. The Labute approximate surface area is 191 Å². The van der Waals surface area contributed by atoms with Crippen LogP contribution in [0, 0.1) is 0 Å². The zero-order valence-corrected chi connectivity index (χ0v) is 18.2. The van der Waals surface area contributed by atoms with E-state index in [9.17, 15) is 13.6 Å². The van der Waals surface area contributed by atoms with E-state index in [1.165, 1.54) is 17.5 Å². The van der Waals surface area contributed by atoms with Gasteiger partial charge in [0, 0.05) is 24.8 Å². The Balaban J connectivity index is 1.60. The molecule has 3 heterocycles. The topological polar surface area (TPSA) is 105 Å². The van der Waals surface area contributed by atoms with E-state index in [0.717, 1.165) is 31.6 Å². The number of thiophene rings is 1. The fourth-order valence-corrected chi connectivity index (χ4v) is 4.18. The standard InChI is InChI=1S/C20H19ClF2N6O2S/c21-12-10-25-20(28-18(12)26-14-5-8-32-16(14)17(24)30)27-13-4-3-11(29-6-1-2-7-29)9-15(13)31-19(22)23/h3-5,8-10,19H,1-2,6-7H2,(H2,24,30)(H2,25,26,27,28). The lowest BCUT2D eigenvalue weighted by Gasteiger charge is -2.20. The van der Waals surface area contributed by atoms with Gasteiger partial charge in [0.15, 0.2) is 11.6 Å². The molecule has 168 valence electrons. The third kappa shape index (κ3) is 5.00. The highest BCUT2D eigenvalue weighted by Gasteiger charge is 2.18. The molecule has 0 aliphatic carbocycles. The van der Waals surface area contributed by atoms with Crippen LogP contribution in [0.5, 0.6) is 5.75 Å². The van der Waals surface area contributed by atoms with Crippen LogP contribution < -0.4 is 26.0 Å². The van der Waals surface area contributed by atoms with Crippen molar-refractivity contribution in [3.8, 4) is 5.75 Å². The summed E-state index contributed by atoms with van der Waals surface area (Å²) in [5, 5.41) is 7.74. The highest BCUT2D eigenvalue weighted by Crippen LogP contribution is 2.35. The van der Waals surface area contributed by atoms with Gasteiger partial charge in [0.1, 0.15) is 9.90 Å². The van der Waals surface area contributed by atoms with Gasteiger partial charge in [0.25, 0.3) is 5.91 Å². The minimum Gasteiger partial charge on any atom is -0.433 e. The highest BCUT2D eigenvalue weighted by atomic mass is 35.5. The van der Waals surface area contributed by atoms with Gasteiger partial charge in [-0.2, -0.15) is 13.8 Å². The molecule has 0 unspecified atom stereocenters. The predicted octanol–water partition coefficient (Wildman–Crippen LogP) is 4.98. The number of rotatable bonds is 8. The number of primary amides is 1. The van der Waals surface area contributed by atoms with Crippen molar-refractivity contribution >= 4 is 57.7 Å². The van der Waals surface area contributed by atoms with E-state index in [-0.39, 0.29) is 28.2 Å². The normalized spacial score (nSPS) is 13.4. The van der Waals surface area contributed by atoms with Crippen LogP contribution in [0.3, 0.4) is 0 Å². The molecule has 4 rings (SSSR count). The fourth-order valence-electron chi connectivity index (χ4n) is 3.34. The monoisotopic (exact) mass is 480 g/mol. The van der Waals surface area contributed by atoms with Crippen molar-refractivity contribution in [2.45, 2.75) is 19.5 Å². The second-order valence-corrected chi connectivity index (χ2v) is 8.24. The fraction of sp³-hybridized carbons (Fsp3) is 0.250. The summed E-state index contributed by atoms with van der Waals surface area (Å²) < 4.78 is 30.8. The maximum absolute atomic E-state index is 13.0. The number of hydrogen-bond acceptors (Lipinski definition) is 8. The maximum atomic E-state index is 13.0. The first-order valence-corrected chi connectivity index (χ1v) is 10.9. The smallest absolute Gasteiger partial charge is 0.387 e. The molecule has 0 saturated carbocycles. The average molecular weight is 481 g/mol. The minimum atomic E-state index is -2.99. The van der Waals surface area contributed by atoms with Crippen molar-refractivity contribution in [1.29, 1.82) is 0 Å². The number of halogens is 3. The number of anilines is 5. The number of nitrogens with two attached hydrogens (primary N) is 1. The second-order valence-electron chi connectivity index (χ2n) is 6.92. The number of nitrogens with zero attached hydrogens (tertiary/aromatic N) is 3. The molecular formula is C20H19ClF2N6O2S. The van der Waals surface area contributed by atoms with Crippen molar-refractivity contribution in [3.63, 3.8) is 0 Å². The molecule has 12 heteroatoms. The molecule has 0 atom stereocenters. The summed E-state index contributed by atoms with van der Waals surface area (Å²) in [5.74, 6) is -0.292. The molecule has 1 aliphatic rings. The van der Waals surface area contributed by atoms with Crippen LogP contribution in [-0.2, 0) is 0 Å². The molecule has 0 spiro atoms. The van der Waals surface area contributed by atoms with Gasteiger partial charge < -0.3 is 26.0 Å². The van der Waals surface area contributed by atoms with Crippen LogP contribution in [-0.4, -0.2) is 35.6 Å². The number of amides is 1. The Hall–Kier alpha value is -3.18. The van der Waals surface area contributed by atoms with E-state index in [1.54, 1.807) is 23.6 Å². The average Bonchev–Trinajstić information content (AvgIpc) is 3.43. The zero-order chi connectivity index (χ0) is 22.7. The van der Waals surface area contributed by atoms with Crippen LogP contribution in [0.25, 0.3) is 0 Å². The summed E-state index contributed by atoms with van der Waals surface area (Å²) in [6.45, 7) is -1.25. The van der Waals surface area contributed by atoms with Gasteiger partial charge in [-0.25, -0.2) is 4.98 Å². The highest BCUT2D eigenvalue weighted by molar-refractivity contribution is 7.12. The van der Waals surface area contributed by atoms with Crippen molar-refractivity contribution in [2.24, 2.45) is 5.73 Å². The molecule has 1 amide bonds. The maximum Gasteiger partial charge on any atom is 0.387 e. The van der Waals surface area contributed by atoms with E-state index >= 15 is 0 Å². The first-order chi connectivity index (χ1) is 15.4. The Kier molecular flexibility index (Phi) is 6.56. The molecular weight excluding hydrogens is 462 g/mol. The van der Waals surface area contributed by atoms with Crippen molar-refractivity contribution in [1.82, 2.24) is 9.97 Å². The van der Waals surface area contributed by atoms with Crippen molar-refractivity contribution in [2.75, 3.05) is 28.6 Å². The number of carbonyl (C=O) groups excluding carboxylic acids is 1. The minimum absolute atomic E-state index is 0.0219. The Bertz CT molecular complexity index is 1120. The largest absolute Gasteiger partial charge is 0.433 e. The molecule has 3 aromatic rings. The number of aromatic nitrogens is 2. The third-order valence-electron chi connectivity index (χ3n) is 4.79. The van der Waals surface area contributed by atoms with Gasteiger partial charge in [0.05, 0.1) is 17.6 Å². The number of alkyl halides is 2. The van der Waals surface area contributed by atoms with E-state index in [2.05, 4.69) is 25.5 Å². The third-order valence-corrected chi connectivity index (χ3v) is 5.99. The summed E-state index contributed by atoms with van der Waals surface area (Å²) >= 11 is 7.36. The van der Waals surface area contributed by atoms with Crippen molar-refractivity contribution < 1.29 is 18.3 Å². The molecule has 1 aromatic carbocycles. The van der Waals surface area contributed by atoms with E-state index in [0.29, 0.717) is 10.6 Å². The lowest BCUT2D eigenvalue weighted by Crippen LogP contribution is -2.18. The molecule has 1 fully saturated rings. The zero-order valence-electron chi connectivity index (χ0n) is 16.6. The Morgan fingerprint density at radius 3 is 2.72 bits per heavy atom. The Morgan fingerprint density at radius 1 is 1.22 bits per heavy atom. The number of ether oxygens (including phenoxy) is 1. The molecule has 1 saturated heterocycles. The molecule has 0 radical (unpaired) electrons. The van der Waals surface area contributed by atoms with Crippen LogP contribution in [0.15, 0.2) is 35.8 Å². The molecule has 8 nitrogen and oxygen atoms in total. The summed E-state index contributed by atoms with van der Waals surface area (Å²) in [6.07, 6.45) is 3.46. The van der Waals surface area contributed by atoms with E-state index in [1.807, 2.05) is 6.07 Å². The summed E-state index contributed by atoms with van der Waals surface area (Å²) in [6, 6.07) is 6.70. The summed E-state index contributed by atoms with van der Waals surface area (Å²) in [7, 11) is 0. The molecule has 2 aromatic heterocycles. The van der Waals surface area contributed by atoms with Crippen molar-refractivity contribution in [3.05, 3.63) is 45.7 Å². The van der Waals surface area contributed by atoms with Gasteiger partial charge in [-0.05, 0) is 36.4 Å².